The van der Waals surface area contributed by atoms with Crippen LogP contribution < -0.4 is 4.74 Å². The van der Waals surface area contributed by atoms with Gasteiger partial charge < -0.3 is 4.74 Å². The van der Waals surface area contributed by atoms with E-state index in [0.29, 0.717) is 11.6 Å². The lowest BCUT2D eigenvalue weighted by Gasteiger charge is -2.09. The summed E-state index contributed by atoms with van der Waals surface area (Å²) in [5.41, 5.74) is -0.187. The maximum atomic E-state index is 10.7. The number of aromatic nitrogens is 2. The molecule has 8 heteroatoms. The van der Waals surface area contributed by atoms with E-state index in [1.54, 1.807) is 0 Å². The quantitative estimate of drug-likeness (QED) is 0.465. The summed E-state index contributed by atoms with van der Waals surface area (Å²) in [6.45, 7) is 3.86. The molecule has 6 nitrogen and oxygen atoms in total. The minimum absolute atomic E-state index is 0.0123. The monoisotopic (exact) mass is 327 g/mol. The number of ether oxygens (including phenoxy) is 1. The Morgan fingerprint density at radius 3 is 2.52 bits per heavy atom. The number of hydrogen-bond acceptors (Lipinski definition) is 5. The first kappa shape index (κ1) is 15.5. The van der Waals surface area contributed by atoms with E-state index in [2.05, 4.69) is 9.97 Å². The van der Waals surface area contributed by atoms with Gasteiger partial charge in [-0.05, 0) is 6.07 Å². The molecule has 0 bridgehead atoms. The second kappa shape index (κ2) is 6.24. The highest BCUT2D eigenvalue weighted by Gasteiger charge is 2.14. The first-order chi connectivity index (χ1) is 9.86. The molecular formula is C13H11Cl2N3O3. The van der Waals surface area contributed by atoms with Gasteiger partial charge in [0.25, 0.3) is 5.69 Å². The van der Waals surface area contributed by atoms with E-state index in [4.69, 9.17) is 27.9 Å². The summed E-state index contributed by atoms with van der Waals surface area (Å²) in [6, 6.07) is 5.52. The second-order valence-corrected chi connectivity index (χ2v) is 5.31. The van der Waals surface area contributed by atoms with Crippen molar-refractivity contribution in [3.63, 3.8) is 0 Å². The van der Waals surface area contributed by atoms with Crippen molar-refractivity contribution in [3.8, 4) is 11.6 Å². The smallest absolute Gasteiger partial charge is 0.288 e. The topological polar surface area (TPSA) is 78.2 Å². The van der Waals surface area contributed by atoms with Gasteiger partial charge in [-0.15, -0.1) is 0 Å². The van der Waals surface area contributed by atoms with E-state index in [-0.39, 0.29) is 27.7 Å². The van der Waals surface area contributed by atoms with Crippen molar-refractivity contribution in [3.05, 3.63) is 50.4 Å². The van der Waals surface area contributed by atoms with Gasteiger partial charge >= 0.3 is 0 Å². The lowest BCUT2D eigenvalue weighted by molar-refractivity contribution is -0.384. The van der Waals surface area contributed by atoms with Crippen molar-refractivity contribution in [1.29, 1.82) is 0 Å². The van der Waals surface area contributed by atoms with Crippen LogP contribution in [-0.2, 0) is 0 Å². The van der Waals surface area contributed by atoms with E-state index in [1.165, 1.54) is 24.3 Å². The lowest BCUT2D eigenvalue weighted by Crippen LogP contribution is -2.00. The zero-order valence-electron chi connectivity index (χ0n) is 11.2. The molecule has 0 spiro atoms. The Morgan fingerprint density at radius 1 is 1.24 bits per heavy atom. The summed E-state index contributed by atoms with van der Waals surface area (Å²) in [6.07, 6.45) is 0. The number of rotatable bonds is 4. The molecule has 0 radical (unpaired) electrons. The fourth-order valence-corrected chi connectivity index (χ4v) is 1.96. The molecular weight excluding hydrogens is 317 g/mol. The average molecular weight is 328 g/mol. The molecule has 0 saturated heterocycles. The number of hydrogen-bond donors (Lipinski definition) is 0. The summed E-state index contributed by atoms with van der Waals surface area (Å²) >= 11 is 11.7. The molecule has 1 aromatic carbocycles. The highest BCUT2D eigenvalue weighted by Crippen LogP contribution is 2.31. The Hall–Kier alpha value is -1.92. The highest BCUT2D eigenvalue weighted by molar-refractivity contribution is 6.32. The Morgan fingerprint density at radius 2 is 1.95 bits per heavy atom. The maximum absolute atomic E-state index is 10.7. The number of benzene rings is 1. The highest BCUT2D eigenvalue weighted by atomic mass is 35.5. The third-order valence-electron chi connectivity index (χ3n) is 2.54. The Kier molecular flexibility index (Phi) is 4.59. The Labute approximate surface area is 130 Å². The standard InChI is InChI=1S/C13H11Cl2N3O3/c1-7(2)13-16-11(15)6-12(17-13)21-8-3-4-10(18(19)20)9(14)5-8/h3-7H,1-2H3. The maximum Gasteiger partial charge on any atom is 0.288 e. The minimum Gasteiger partial charge on any atom is -0.439 e. The van der Waals surface area contributed by atoms with Crippen LogP contribution >= 0.6 is 23.2 Å². The van der Waals surface area contributed by atoms with Crippen molar-refractivity contribution in [2.24, 2.45) is 0 Å². The molecule has 2 rings (SSSR count). The SMILES string of the molecule is CC(C)c1nc(Cl)cc(Oc2ccc([N+](=O)[O-])c(Cl)c2)n1. The summed E-state index contributed by atoms with van der Waals surface area (Å²) in [7, 11) is 0. The van der Waals surface area contributed by atoms with Crippen LogP contribution in [0.15, 0.2) is 24.3 Å². The van der Waals surface area contributed by atoms with Crippen molar-refractivity contribution in [2.75, 3.05) is 0 Å². The largest absolute Gasteiger partial charge is 0.439 e. The van der Waals surface area contributed by atoms with Crippen molar-refractivity contribution < 1.29 is 9.66 Å². The average Bonchev–Trinajstić information content (AvgIpc) is 2.37. The number of halogens is 2. The molecule has 110 valence electrons. The van der Waals surface area contributed by atoms with E-state index >= 15 is 0 Å². The zero-order valence-corrected chi connectivity index (χ0v) is 12.7. The van der Waals surface area contributed by atoms with Crippen LogP contribution in [0.3, 0.4) is 0 Å². The number of nitro benzene ring substituents is 1. The molecule has 0 fully saturated rings. The third kappa shape index (κ3) is 3.80. The van der Waals surface area contributed by atoms with Crippen molar-refractivity contribution in [1.82, 2.24) is 9.97 Å². The van der Waals surface area contributed by atoms with Gasteiger partial charge in [0.2, 0.25) is 5.88 Å². The lowest BCUT2D eigenvalue weighted by atomic mass is 10.2. The van der Waals surface area contributed by atoms with Crippen LogP contribution in [0.4, 0.5) is 5.69 Å². The fourth-order valence-electron chi connectivity index (χ4n) is 1.54. The molecule has 0 N–H and O–H groups in total. The summed E-state index contributed by atoms with van der Waals surface area (Å²) in [5, 5.41) is 10.9. The predicted octanol–water partition coefficient (Wildman–Crippen LogP) is 4.61. The van der Waals surface area contributed by atoms with Crippen molar-refractivity contribution in [2.45, 2.75) is 19.8 Å². The summed E-state index contributed by atoms with van der Waals surface area (Å²) in [5.74, 6) is 1.22. The van der Waals surface area contributed by atoms with Crippen LogP contribution in [0.25, 0.3) is 0 Å². The van der Waals surface area contributed by atoms with E-state index in [1.807, 2.05) is 13.8 Å². The predicted molar refractivity (Wildman–Crippen MR) is 79.3 cm³/mol. The zero-order chi connectivity index (χ0) is 15.6. The van der Waals surface area contributed by atoms with Gasteiger partial charge in [0, 0.05) is 24.1 Å². The molecule has 0 aliphatic rings. The van der Waals surface area contributed by atoms with Crippen LogP contribution in [0.2, 0.25) is 10.2 Å². The van der Waals surface area contributed by atoms with Gasteiger partial charge in [-0.25, -0.2) is 4.98 Å². The molecule has 2 aromatic rings. The van der Waals surface area contributed by atoms with Gasteiger partial charge in [-0.3, -0.25) is 10.1 Å². The molecule has 1 heterocycles. The molecule has 0 aliphatic heterocycles. The Bertz CT molecular complexity index is 692. The van der Waals surface area contributed by atoms with Crippen LogP contribution in [0.5, 0.6) is 11.6 Å². The molecule has 1 aromatic heterocycles. The van der Waals surface area contributed by atoms with Gasteiger partial charge in [-0.2, -0.15) is 4.98 Å². The van der Waals surface area contributed by atoms with Crippen molar-refractivity contribution >= 4 is 28.9 Å². The van der Waals surface area contributed by atoms with Crippen LogP contribution in [0.1, 0.15) is 25.6 Å². The first-order valence-corrected chi connectivity index (χ1v) is 6.78. The number of nitro groups is 1. The molecule has 0 saturated carbocycles. The fraction of sp³-hybridized carbons (Fsp3) is 0.231. The normalized spacial score (nSPS) is 10.7. The Balaban J connectivity index is 2.30. The van der Waals surface area contributed by atoms with Gasteiger partial charge in [-0.1, -0.05) is 37.0 Å². The van der Waals surface area contributed by atoms with Crippen LogP contribution in [-0.4, -0.2) is 14.9 Å². The first-order valence-electron chi connectivity index (χ1n) is 6.03. The van der Waals surface area contributed by atoms with E-state index in [9.17, 15) is 10.1 Å². The van der Waals surface area contributed by atoms with Crippen LogP contribution in [0, 0.1) is 10.1 Å². The van der Waals surface area contributed by atoms with E-state index < -0.39 is 4.92 Å². The summed E-state index contributed by atoms with van der Waals surface area (Å²) in [4.78, 5) is 18.4. The number of nitrogens with zero attached hydrogens (tertiary/aromatic N) is 3. The second-order valence-electron chi connectivity index (χ2n) is 4.51. The molecule has 0 amide bonds. The summed E-state index contributed by atoms with van der Waals surface area (Å²) < 4.78 is 5.52. The minimum atomic E-state index is -0.565. The molecule has 0 unspecified atom stereocenters. The molecule has 0 atom stereocenters. The third-order valence-corrected chi connectivity index (χ3v) is 3.04. The van der Waals surface area contributed by atoms with Gasteiger partial charge in [0.15, 0.2) is 0 Å². The molecule has 21 heavy (non-hydrogen) atoms. The van der Waals surface area contributed by atoms with E-state index in [0.717, 1.165) is 0 Å². The van der Waals surface area contributed by atoms with Gasteiger partial charge in [0.1, 0.15) is 21.7 Å². The van der Waals surface area contributed by atoms with Gasteiger partial charge in [0.05, 0.1) is 4.92 Å². The molecule has 0 aliphatic carbocycles.